The molecular weight excluding hydrogens is 218 g/mol. The first-order valence-corrected chi connectivity index (χ1v) is 6.28. The van der Waals surface area contributed by atoms with E-state index >= 15 is 0 Å². The Hall–Kier alpha value is -0.610. The Morgan fingerprint density at radius 1 is 1.35 bits per heavy atom. The van der Waals surface area contributed by atoms with Gasteiger partial charge in [0, 0.05) is 20.3 Å². The summed E-state index contributed by atoms with van der Waals surface area (Å²) in [5.74, 6) is -0.181. The van der Waals surface area contributed by atoms with E-state index in [2.05, 4.69) is 5.32 Å². The highest BCUT2D eigenvalue weighted by Gasteiger charge is 2.41. The zero-order valence-corrected chi connectivity index (χ0v) is 11.5. The van der Waals surface area contributed by atoms with Gasteiger partial charge in [-0.2, -0.15) is 0 Å². The van der Waals surface area contributed by atoms with Gasteiger partial charge in [-0.1, -0.05) is 0 Å². The number of carbonyl (C=O) groups is 1. The Morgan fingerprint density at radius 3 is 2.47 bits per heavy atom. The maximum Gasteiger partial charge on any atom is 0.320 e. The minimum Gasteiger partial charge on any atom is -0.459 e. The van der Waals surface area contributed by atoms with Gasteiger partial charge in [-0.25, -0.2) is 0 Å². The number of hydrogen-bond donors (Lipinski definition) is 1. The normalized spacial score (nSPS) is 17.9. The van der Waals surface area contributed by atoms with Crippen molar-refractivity contribution in [3.63, 3.8) is 0 Å². The Balaban J connectivity index is 2.13. The number of methoxy groups -OCH3 is 1. The lowest BCUT2D eigenvalue weighted by Crippen LogP contribution is -2.34. The third-order valence-corrected chi connectivity index (χ3v) is 2.98. The van der Waals surface area contributed by atoms with E-state index in [0.717, 1.165) is 19.6 Å². The molecule has 0 aliphatic heterocycles. The lowest BCUT2D eigenvalue weighted by Gasteiger charge is -2.20. The molecule has 0 spiro atoms. The van der Waals surface area contributed by atoms with Crippen LogP contribution in [-0.2, 0) is 14.3 Å². The number of rotatable bonds is 7. The van der Waals surface area contributed by atoms with Crippen molar-refractivity contribution in [3.05, 3.63) is 0 Å². The van der Waals surface area contributed by atoms with E-state index in [1.807, 2.05) is 20.8 Å². The largest absolute Gasteiger partial charge is 0.459 e. The van der Waals surface area contributed by atoms with Gasteiger partial charge in [-0.05, 0) is 45.4 Å². The minimum atomic E-state index is -0.397. The van der Waals surface area contributed by atoms with Gasteiger partial charge < -0.3 is 14.8 Å². The molecule has 1 saturated carbocycles. The van der Waals surface area contributed by atoms with E-state index in [-0.39, 0.29) is 5.97 Å². The van der Waals surface area contributed by atoms with E-state index in [1.54, 1.807) is 7.11 Å². The lowest BCUT2D eigenvalue weighted by atomic mass is 10.0. The summed E-state index contributed by atoms with van der Waals surface area (Å²) < 4.78 is 10.3. The van der Waals surface area contributed by atoms with Crippen molar-refractivity contribution in [2.75, 3.05) is 26.8 Å². The molecule has 4 nitrogen and oxygen atoms in total. The molecule has 1 aliphatic rings. The van der Waals surface area contributed by atoms with Gasteiger partial charge in [0.15, 0.2) is 0 Å². The van der Waals surface area contributed by atoms with Crippen LogP contribution in [0.1, 0.15) is 40.0 Å². The number of carbonyl (C=O) groups excluding carboxylic acids is 1. The average Bonchev–Trinajstić information content (AvgIpc) is 2.93. The van der Waals surface area contributed by atoms with E-state index in [0.29, 0.717) is 12.0 Å². The van der Waals surface area contributed by atoms with Crippen molar-refractivity contribution in [2.24, 2.45) is 5.41 Å². The zero-order valence-electron chi connectivity index (χ0n) is 11.5. The molecule has 0 aromatic carbocycles. The smallest absolute Gasteiger partial charge is 0.320 e. The molecule has 1 N–H and O–H groups in total. The van der Waals surface area contributed by atoms with Crippen LogP contribution in [0.25, 0.3) is 0 Å². The molecule has 1 rings (SSSR count). The molecule has 1 fully saturated rings. The maximum absolute atomic E-state index is 11.5. The summed E-state index contributed by atoms with van der Waals surface area (Å²) in [6.45, 7) is 7.62. The lowest BCUT2D eigenvalue weighted by molar-refractivity contribution is -0.153. The van der Waals surface area contributed by atoms with Crippen LogP contribution in [0.5, 0.6) is 0 Å². The molecule has 0 aromatic rings. The first kappa shape index (κ1) is 14.5. The maximum atomic E-state index is 11.5. The Bertz CT molecular complexity index is 254. The number of nitrogens with one attached hydrogen (secondary N) is 1. The fourth-order valence-corrected chi connectivity index (χ4v) is 1.82. The number of esters is 1. The fourth-order valence-electron chi connectivity index (χ4n) is 1.82. The molecule has 17 heavy (non-hydrogen) atoms. The predicted molar refractivity (Wildman–Crippen MR) is 66.9 cm³/mol. The number of ether oxygens (including phenoxy) is 2. The summed E-state index contributed by atoms with van der Waals surface area (Å²) in [6.07, 6.45) is 3.54. The molecule has 0 heterocycles. The van der Waals surface area contributed by atoms with Gasteiger partial charge in [-0.15, -0.1) is 0 Å². The first-order valence-electron chi connectivity index (χ1n) is 6.28. The van der Waals surface area contributed by atoms with E-state index in [1.165, 1.54) is 12.8 Å². The SMILES string of the molecule is COCCC1(CNCC(=O)OC(C)(C)C)CC1. The molecule has 0 bridgehead atoms. The molecule has 0 radical (unpaired) electrons. The monoisotopic (exact) mass is 243 g/mol. The third-order valence-electron chi connectivity index (χ3n) is 2.98. The number of hydrogen-bond acceptors (Lipinski definition) is 4. The average molecular weight is 243 g/mol. The molecular formula is C13H25NO3. The summed E-state index contributed by atoms with van der Waals surface area (Å²) in [6, 6.07) is 0. The molecule has 4 heteroatoms. The fraction of sp³-hybridized carbons (Fsp3) is 0.923. The Morgan fingerprint density at radius 2 is 2.00 bits per heavy atom. The van der Waals surface area contributed by atoms with Crippen LogP contribution in [0, 0.1) is 5.41 Å². The molecule has 0 atom stereocenters. The summed E-state index contributed by atoms with van der Waals surface area (Å²) in [5, 5.41) is 3.19. The molecule has 0 saturated heterocycles. The second kappa shape index (κ2) is 5.83. The molecule has 100 valence electrons. The molecule has 1 aliphatic carbocycles. The van der Waals surface area contributed by atoms with Crippen molar-refractivity contribution < 1.29 is 14.3 Å². The van der Waals surface area contributed by atoms with Crippen molar-refractivity contribution in [3.8, 4) is 0 Å². The summed E-state index contributed by atoms with van der Waals surface area (Å²) in [7, 11) is 1.73. The zero-order chi connectivity index (χ0) is 12.9. The van der Waals surface area contributed by atoms with Gasteiger partial charge in [0.2, 0.25) is 0 Å². The minimum absolute atomic E-state index is 0.181. The molecule has 0 aromatic heterocycles. The Labute approximate surface area is 104 Å². The van der Waals surface area contributed by atoms with Crippen LogP contribution in [0.15, 0.2) is 0 Å². The highest BCUT2D eigenvalue weighted by molar-refractivity contribution is 5.72. The van der Waals surface area contributed by atoms with Gasteiger partial charge in [0.25, 0.3) is 0 Å². The highest BCUT2D eigenvalue weighted by Crippen LogP contribution is 2.48. The van der Waals surface area contributed by atoms with Crippen molar-refractivity contribution >= 4 is 5.97 Å². The second-order valence-electron chi connectivity index (χ2n) is 5.93. The predicted octanol–water partition coefficient (Wildman–Crippen LogP) is 1.73. The van der Waals surface area contributed by atoms with Crippen LogP contribution in [-0.4, -0.2) is 38.4 Å². The van der Waals surface area contributed by atoms with Crippen LogP contribution >= 0.6 is 0 Å². The molecule has 0 amide bonds. The third kappa shape index (κ3) is 6.03. The van der Waals surface area contributed by atoms with E-state index in [9.17, 15) is 4.79 Å². The van der Waals surface area contributed by atoms with E-state index < -0.39 is 5.60 Å². The van der Waals surface area contributed by atoms with Crippen LogP contribution in [0.3, 0.4) is 0 Å². The van der Waals surface area contributed by atoms with Crippen LogP contribution in [0.4, 0.5) is 0 Å². The highest BCUT2D eigenvalue weighted by atomic mass is 16.6. The van der Waals surface area contributed by atoms with Crippen molar-refractivity contribution in [1.82, 2.24) is 5.32 Å². The first-order chi connectivity index (χ1) is 7.87. The van der Waals surface area contributed by atoms with Crippen LogP contribution < -0.4 is 5.32 Å². The summed E-state index contributed by atoms with van der Waals surface area (Å²) in [4.78, 5) is 11.5. The summed E-state index contributed by atoms with van der Waals surface area (Å²) in [5.41, 5.74) is -0.0237. The standard InChI is InChI=1S/C13H25NO3/c1-12(2,3)17-11(15)9-14-10-13(5-6-13)7-8-16-4/h14H,5-10H2,1-4H3. The van der Waals surface area contributed by atoms with Gasteiger partial charge in [0.05, 0.1) is 6.54 Å². The van der Waals surface area contributed by atoms with Gasteiger partial charge >= 0.3 is 5.97 Å². The van der Waals surface area contributed by atoms with Crippen LogP contribution in [0.2, 0.25) is 0 Å². The second-order valence-corrected chi connectivity index (χ2v) is 5.93. The quantitative estimate of drug-likeness (QED) is 0.692. The van der Waals surface area contributed by atoms with Gasteiger partial charge in [-0.3, -0.25) is 4.79 Å². The van der Waals surface area contributed by atoms with Crippen molar-refractivity contribution in [2.45, 2.75) is 45.6 Å². The Kier molecular flexibility index (Phi) is 4.95. The van der Waals surface area contributed by atoms with Gasteiger partial charge in [0.1, 0.15) is 5.60 Å². The van der Waals surface area contributed by atoms with E-state index in [4.69, 9.17) is 9.47 Å². The van der Waals surface area contributed by atoms with Crippen molar-refractivity contribution in [1.29, 1.82) is 0 Å². The molecule has 0 unspecified atom stereocenters. The summed E-state index contributed by atoms with van der Waals surface area (Å²) >= 11 is 0. The topological polar surface area (TPSA) is 47.6 Å².